The lowest BCUT2D eigenvalue weighted by Gasteiger charge is -2.23. The minimum absolute atomic E-state index is 0.0157. The van der Waals surface area contributed by atoms with Gasteiger partial charge in [-0.3, -0.25) is 14.2 Å². The number of fused-ring (bicyclic) bond motifs is 1. The fraction of sp³-hybridized carbons (Fsp3) is 0.348. The molecule has 4 rings (SSSR count). The Hall–Kier alpha value is -3.42. The van der Waals surface area contributed by atoms with E-state index in [0.29, 0.717) is 5.75 Å². The van der Waals surface area contributed by atoms with Crippen LogP contribution in [-0.2, 0) is 6.54 Å². The van der Waals surface area contributed by atoms with Gasteiger partial charge in [-0.2, -0.15) is 0 Å². The number of hydrogen-bond donors (Lipinski definition) is 2. The molecule has 0 unspecified atom stereocenters. The number of nitrogens with zero attached hydrogens (tertiary/aromatic N) is 2. The Morgan fingerprint density at radius 1 is 1.26 bits per heavy atom. The monoisotopic (exact) mass is 425 g/mol. The zero-order valence-electron chi connectivity index (χ0n) is 17.2. The Balaban J connectivity index is 1.80. The zero-order chi connectivity index (χ0) is 22.0. The third kappa shape index (κ3) is 4.23. The second-order valence-corrected chi connectivity index (χ2v) is 7.80. The summed E-state index contributed by atoms with van der Waals surface area (Å²) in [6.07, 6.45) is 5.77. The topological polar surface area (TPSA) is 93.5 Å². The molecular formula is C23H24FN3O4. The van der Waals surface area contributed by atoms with E-state index >= 15 is 0 Å². The summed E-state index contributed by atoms with van der Waals surface area (Å²) in [5.74, 6) is -1.20. The van der Waals surface area contributed by atoms with Gasteiger partial charge < -0.3 is 15.2 Å². The van der Waals surface area contributed by atoms with Crippen molar-refractivity contribution in [3.63, 3.8) is 0 Å². The number of methoxy groups -OCH3 is 1. The molecule has 1 aliphatic carbocycles. The van der Waals surface area contributed by atoms with Crippen LogP contribution in [0.2, 0.25) is 0 Å². The van der Waals surface area contributed by atoms with E-state index in [2.05, 4.69) is 10.3 Å². The van der Waals surface area contributed by atoms with E-state index in [1.54, 1.807) is 31.4 Å². The van der Waals surface area contributed by atoms with Crippen molar-refractivity contribution < 1.29 is 19.0 Å². The van der Waals surface area contributed by atoms with E-state index in [1.165, 1.54) is 4.57 Å². The van der Waals surface area contributed by atoms with Crippen molar-refractivity contribution in [3.05, 3.63) is 63.8 Å². The van der Waals surface area contributed by atoms with E-state index in [0.717, 1.165) is 49.9 Å². The van der Waals surface area contributed by atoms with Gasteiger partial charge in [-0.15, -0.1) is 0 Å². The lowest BCUT2D eigenvalue weighted by Crippen LogP contribution is -2.40. The van der Waals surface area contributed by atoms with Crippen molar-refractivity contribution in [3.8, 4) is 11.5 Å². The summed E-state index contributed by atoms with van der Waals surface area (Å²) in [5.41, 5.74) is -0.194. The minimum Gasteiger partial charge on any atom is -0.506 e. The molecular weight excluding hydrogens is 401 g/mol. The first-order chi connectivity index (χ1) is 15.0. The van der Waals surface area contributed by atoms with Crippen LogP contribution in [0.4, 0.5) is 4.39 Å². The summed E-state index contributed by atoms with van der Waals surface area (Å²) < 4.78 is 20.3. The lowest BCUT2D eigenvalue weighted by molar-refractivity contribution is 0.0923. The van der Waals surface area contributed by atoms with Gasteiger partial charge in [0.1, 0.15) is 28.5 Å². The third-order valence-electron chi connectivity index (χ3n) is 5.71. The molecule has 0 spiro atoms. The van der Waals surface area contributed by atoms with E-state index < -0.39 is 23.0 Å². The fourth-order valence-corrected chi connectivity index (χ4v) is 4.06. The number of carbonyl (C=O) groups is 1. The average molecular weight is 425 g/mol. The van der Waals surface area contributed by atoms with Crippen molar-refractivity contribution in [1.29, 1.82) is 0 Å². The van der Waals surface area contributed by atoms with Crippen LogP contribution in [-0.4, -0.2) is 33.7 Å². The van der Waals surface area contributed by atoms with E-state index in [9.17, 15) is 19.1 Å². The van der Waals surface area contributed by atoms with E-state index in [4.69, 9.17) is 4.74 Å². The van der Waals surface area contributed by atoms with Crippen LogP contribution in [0.1, 0.15) is 48.0 Å². The number of amides is 1. The highest BCUT2D eigenvalue weighted by Gasteiger charge is 2.26. The van der Waals surface area contributed by atoms with E-state index in [-0.39, 0.29) is 29.2 Å². The number of aromatic hydroxyl groups is 1. The van der Waals surface area contributed by atoms with Crippen LogP contribution in [0.5, 0.6) is 11.5 Å². The second-order valence-electron chi connectivity index (χ2n) is 7.80. The van der Waals surface area contributed by atoms with Gasteiger partial charge in [-0.05, 0) is 36.6 Å². The predicted octanol–water partition coefficient (Wildman–Crippen LogP) is 3.36. The average Bonchev–Trinajstić information content (AvgIpc) is 2.78. The molecule has 0 atom stereocenters. The number of pyridine rings is 2. The molecule has 1 fully saturated rings. The van der Waals surface area contributed by atoms with Crippen LogP contribution in [0.25, 0.3) is 11.0 Å². The number of hydrogen-bond acceptors (Lipinski definition) is 5. The van der Waals surface area contributed by atoms with Gasteiger partial charge >= 0.3 is 0 Å². The molecule has 1 aliphatic rings. The quantitative estimate of drug-likeness (QED) is 0.654. The largest absolute Gasteiger partial charge is 0.506 e. The van der Waals surface area contributed by atoms with Gasteiger partial charge in [0.25, 0.3) is 11.5 Å². The van der Waals surface area contributed by atoms with Crippen LogP contribution in [0.15, 0.2) is 41.3 Å². The van der Waals surface area contributed by atoms with Crippen molar-refractivity contribution >= 4 is 16.9 Å². The summed E-state index contributed by atoms with van der Waals surface area (Å²) in [7, 11) is 1.56. The molecule has 1 aromatic carbocycles. The number of benzene rings is 1. The lowest BCUT2D eigenvalue weighted by atomic mass is 9.95. The van der Waals surface area contributed by atoms with Crippen LogP contribution in [0, 0.1) is 5.82 Å². The van der Waals surface area contributed by atoms with Gasteiger partial charge in [0.15, 0.2) is 0 Å². The molecule has 7 nitrogen and oxygen atoms in total. The molecule has 0 saturated heterocycles. The van der Waals surface area contributed by atoms with Gasteiger partial charge in [-0.1, -0.05) is 31.4 Å². The van der Waals surface area contributed by atoms with Crippen molar-refractivity contribution in [1.82, 2.24) is 14.9 Å². The first-order valence-electron chi connectivity index (χ1n) is 10.3. The Morgan fingerprint density at radius 2 is 1.97 bits per heavy atom. The summed E-state index contributed by atoms with van der Waals surface area (Å²) >= 11 is 0. The molecule has 1 saturated carbocycles. The van der Waals surface area contributed by atoms with Crippen LogP contribution in [0.3, 0.4) is 0 Å². The standard InChI is InChI=1S/C23H24FN3O4/c1-31-17-9-7-14(8-10-17)13-27-21-18(11-15(24)12-25-21)20(28)19(23(27)30)22(29)26-16-5-3-2-4-6-16/h7-12,16,28H,2-6,13H2,1H3,(H,26,29). The van der Waals surface area contributed by atoms with Gasteiger partial charge in [0.2, 0.25) is 0 Å². The molecule has 2 aromatic heterocycles. The summed E-state index contributed by atoms with van der Waals surface area (Å²) in [4.78, 5) is 30.3. The van der Waals surface area contributed by atoms with Crippen molar-refractivity contribution in [2.75, 3.05) is 7.11 Å². The van der Waals surface area contributed by atoms with Crippen molar-refractivity contribution in [2.45, 2.75) is 44.7 Å². The number of nitrogens with one attached hydrogen (secondary N) is 1. The Bertz CT molecular complexity index is 1170. The highest BCUT2D eigenvalue weighted by molar-refractivity contribution is 6.01. The molecule has 2 heterocycles. The maximum absolute atomic E-state index is 13.9. The maximum atomic E-state index is 13.9. The van der Waals surface area contributed by atoms with Crippen LogP contribution < -0.4 is 15.6 Å². The smallest absolute Gasteiger partial charge is 0.269 e. The number of carbonyl (C=O) groups excluding carboxylic acids is 1. The molecule has 0 bridgehead atoms. The Kier molecular flexibility index (Phi) is 5.88. The SMILES string of the molecule is COc1ccc(Cn2c(=O)c(C(=O)NC3CCCCC3)c(O)c3cc(F)cnc32)cc1. The number of rotatable bonds is 5. The highest BCUT2D eigenvalue weighted by Crippen LogP contribution is 2.27. The highest BCUT2D eigenvalue weighted by atomic mass is 19.1. The molecule has 0 radical (unpaired) electrons. The number of ether oxygens (including phenoxy) is 1. The molecule has 1 amide bonds. The summed E-state index contributed by atoms with van der Waals surface area (Å²) in [6.45, 7) is 0.0992. The van der Waals surface area contributed by atoms with Gasteiger partial charge in [0, 0.05) is 6.04 Å². The van der Waals surface area contributed by atoms with Gasteiger partial charge in [0.05, 0.1) is 25.2 Å². The second kappa shape index (κ2) is 8.75. The molecule has 31 heavy (non-hydrogen) atoms. The molecule has 2 N–H and O–H groups in total. The first-order valence-corrected chi connectivity index (χ1v) is 10.3. The molecule has 0 aliphatic heterocycles. The maximum Gasteiger partial charge on any atom is 0.269 e. The molecule has 8 heteroatoms. The predicted molar refractivity (Wildman–Crippen MR) is 114 cm³/mol. The minimum atomic E-state index is -0.673. The Morgan fingerprint density at radius 3 is 2.65 bits per heavy atom. The molecule has 3 aromatic rings. The van der Waals surface area contributed by atoms with Crippen LogP contribution >= 0.6 is 0 Å². The molecule has 162 valence electrons. The first kappa shape index (κ1) is 20.8. The zero-order valence-corrected chi connectivity index (χ0v) is 17.2. The third-order valence-corrected chi connectivity index (χ3v) is 5.71. The Labute approximate surface area is 178 Å². The fourth-order valence-electron chi connectivity index (χ4n) is 4.06. The summed E-state index contributed by atoms with van der Waals surface area (Å²) in [6, 6.07) is 8.12. The van der Waals surface area contributed by atoms with Crippen molar-refractivity contribution in [2.24, 2.45) is 0 Å². The number of halogens is 1. The van der Waals surface area contributed by atoms with E-state index in [1.807, 2.05) is 0 Å². The normalized spacial score (nSPS) is 14.5. The number of aromatic nitrogens is 2. The summed E-state index contributed by atoms with van der Waals surface area (Å²) in [5, 5.41) is 13.6. The van der Waals surface area contributed by atoms with Gasteiger partial charge in [-0.25, -0.2) is 9.37 Å².